The summed E-state index contributed by atoms with van der Waals surface area (Å²) in [6, 6.07) is 4.49. The molecule has 0 N–H and O–H groups in total. The minimum absolute atomic E-state index is 0.0287. The Morgan fingerprint density at radius 2 is 1.48 bits per heavy atom. The van der Waals surface area contributed by atoms with Crippen LogP contribution < -0.4 is 4.74 Å². The molecule has 238 valence electrons. The number of nitrogens with zero attached hydrogens (tertiary/aromatic N) is 2. The summed E-state index contributed by atoms with van der Waals surface area (Å²) >= 11 is 0. The predicted molar refractivity (Wildman–Crippen MR) is 136 cm³/mol. The van der Waals surface area contributed by atoms with Gasteiger partial charge in [0.15, 0.2) is 0 Å². The van der Waals surface area contributed by atoms with Crippen molar-refractivity contribution in [1.29, 1.82) is 0 Å². The zero-order valence-electron chi connectivity index (χ0n) is 23.4. The highest BCUT2D eigenvalue weighted by atomic mass is 19.4. The molecule has 0 spiro atoms. The number of hydrogen-bond donors (Lipinski definition) is 0. The van der Waals surface area contributed by atoms with Crippen molar-refractivity contribution >= 4 is 6.09 Å². The molecule has 1 aliphatic rings. The summed E-state index contributed by atoms with van der Waals surface area (Å²) in [6.07, 6.45) is -18.2. The predicted octanol–water partition coefficient (Wildman–Crippen LogP) is 9.16. The van der Waals surface area contributed by atoms with Crippen LogP contribution in [0.25, 0.3) is 11.1 Å². The Bertz CT molecular complexity index is 1530. The Hall–Kier alpha value is -4.04. The first-order valence-corrected chi connectivity index (χ1v) is 12.9. The third kappa shape index (κ3) is 6.55. The highest BCUT2D eigenvalue weighted by Crippen LogP contribution is 2.43. The highest BCUT2D eigenvalue weighted by molar-refractivity contribution is 5.76. The lowest BCUT2D eigenvalue weighted by atomic mass is 9.92. The van der Waals surface area contributed by atoms with Crippen LogP contribution in [-0.2, 0) is 29.8 Å². The highest BCUT2D eigenvalue weighted by Gasteiger charge is 2.44. The monoisotopic (exact) mass is 638 g/mol. The van der Waals surface area contributed by atoms with Gasteiger partial charge in [-0.3, -0.25) is 4.90 Å². The quantitative estimate of drug-likeness (QED) is 0.253. The summed E-state index contributed by atoms with van der Waals surface area (Å²) in [4.78, 5) is 16.5. The maximum atomic E-state index is 14.7. The standard InChI is InChI=1S/C29H24F10N2O3/c1-13(2)19-10-20(22(43-4)11-21(19)30)18-6-5-17(27(31,32)33)7-16(18)12-41-14(3)25(44-26(41)42)15-8-23(28(34,35)36)40-24(9-15)29(37,38)39/h5-11,13-14,25H,12H2,1-4H3. The Balaban J connectivity index is 1.81. The Morgan fingerprint density at radius 1 is 0.886 bits per heavy atom. The topological polar surface area (TPSA) is 51.7 Å². The van der Waals surface area contributed by atoms with E-state index in [2.05, 4.69) is 4.98 Å². The van der Waals surface area contributed by atoms with E-state index in [0.29, 0.717) is 12.1 Å². The number of pyridine rings is 1. The number of ether oxygens (including phenoxy) is 2. The molecule has 2 heterocycles. The number of aromatic nitrogens is 1. The lowest BCUT2D eigenvalue weighted by Gasteiger charge is -2.24. The molecule has 0 saturated carbocycles. The minimum atomic E-state index is -5.27. The molecule has 2 unspecified atom stereocenters. The summed E-state index contributed by atoms with van der Waals surface area (Å²) in [5, 5.41) is 0. The van der Waals surface area contributed by atoms with Crippen molar-refractivity contribution in [2.75, 3.05) is 7.11 Å². The largest absolute Gasteiger partial charge is 0.496 e. The van der Waals surface area contributed by atoms with Gasteiger partial charge in [-0.1, -0.05) is 19.9 Å². The molecule has 2 atom stereocenters. The number of halogens is 10. The summed E-state index contributed by atoms with van der Waals surface area (Å²) < 4.78 is 147. The van der Waals surface area contributed by atoms with Gasteiger partial charge < -0.3 is 9.47 Å². The SMILES string of the molecule is COc1cc(F)c(C(C)C)cc1-c1ccc(C(F)(F)F)cc1CN1C(=O)OC(c2cc(C(F)(F)F)nc(C(F)(F)F)c2)C1C. The molecule has 1 aliphatic heterocycles. The molecule has 2 aromatic carbocycles. The molecular formula is C29H24F10N2O3. The van der Waals surface area contributed by atoms with Crippen LogP contribution in [0.1, 0.15) is 66.4 Å². The molecule has 4 rings (SSSR count). The third-order valence-corrected chi connectivity index (χ3v) is 7.15. The summed E-state index contributed by atoms with van der Waals surface area (Å²) in [7, 11) is 1.22. The van der Waals surface area contributed by atoms with Crippen molar-refractivity contribution in [2.45, 2.75) is 63.9 Å². The van der Waals surface area contributed by atoms with Gasteiger partial charge in [0.05, 0.1) is 25.3 Å². The van der Waals surface area contributed by atoms with Gasteiger partial charge in [-0.2, -0.15) is 39.5 Å². The van der Waals surface area contributed by atoms with E-state index < -0.39 is 71.6 Å². The van der Waals surface area contributed by atoms with Crippen LogP contribution in [-0.4, -0.2) is 29.1 Å². The zero-order chi connectivity index (χ0) is 32.9. The molecule has 15 heteroatoms. The number of benzene rings is 2. The number of carbonyl (C=O) groups is 1. The van der Waals surface area contributed by atoms with Gasteiger partial charge in [-0.25, -0.2) is 14.2 Å². The number of rotatable bonds is 6. The third-order valence-electron chi connectivity index (χ3n) is 7.15. The molecular weight excluding hydrogens is 614 g/mol. The number of alkyl halides is 9. The fourth-order valence-electron chi connectivity index (χ4n) is 4.91. The van der Waals surface area contributed by atoms with Crippen molar-refractivity contribution in [3.63, 3.8) is 0 Å². The van der Waals surface area contributed by atoms with Crippen molar-refractivity contribution in [2.24, 2.45) is 0 Å². The molecule has 0 radical (unpaired) electrons. The molecule has 1 saturated heterocycles. The van der Waals surface area contributed by atoms with E-state index in [4.69, 9.17) is 9.47 Å². The first kappa shape index (κ1) is 32.9. The van der Waals surface area contributed by atoms with Gasteiger partial charge in [-0.05, 0) is 65.4 Å². The Kier molecular flexibility index (Phi) is 8.57. The molecule has 5 nitrogen and oxygen atoms in total. The number of carbonyl (C=O) groups excluding carboxylic acids is 1. The fraction of sp³-hybridized carbons (Fsp3) is 0.379. The molecule has 44 heavy (non-hydrogen) atoms. The van der Waals surface area contributed by atoms with Gasteiger partial charge in [0.2, 0.25) is 0 Å². The number of cyclic esters (lactones) is 1. The first-order chi connectivity index (χ1) is 20.2. The van der Waals surface area contributed by atoms with Crippen LogP contribution in [0.3, 0.4) is 0 Å². The zero-order valence-corrected chi connectivity index (χ0v) is 23.4. The van der Waals surface area contributed by atoms with Crippen molar-refractivity contribution in [3.05, 3.63) is 81.9 Å². The average molecular weight is 639 g/mol. The van der Waals surface area contributed by atoms with Crippen LogP contribution in [0.2, 0.25) is 0 Å². The van der Waals surface area contributed by atoms with E-state index in [1.54, 1.807) is 13.8 Å². The van der Waals surface area contributed by atoms with E-state index in [1.165, 1.54) is 20.1 Å². The van der Waals surface area contributed by atoms with Crippen molar-refractivity contribution in [1.82, 2.24) is 9.88 Å². The number of amides is 1. The lowest BCUT2D eigenvalue weighted by molar-refractivity contribution is -0.150. The second-order valence-corrected chi connectivity index (χ2v) is 10.4. The minimum Gasteiger partial charge on any atom is -0.496 e. The van der Waals surface area contributed by atoms with Crippen LogP contribution in [0, 0.1) is 5.82 Å². The summed E-state index contributed by atoms with van der Waals surface area (Å²) in [6.45, 7) is 4.05. The summed E-state index contributed by atoms with van der Waals surface area (Å²) in [5.41, 5.74) is -5.09. The Morgan fingerprint density at radius 3 is 1.98 bits per heavy atom. The van der Waals surface area contributed by atoms with Crippen LogP contribution in [0.5, 0.6) is 5.75 Å². The number of hydrogen-bond acceptors (Lipinski definition) is 4. The molecule has 1 aromatic heterocycles. The normalized spacial score (nSPS) is 17.8. The van der Waals surface area contributed by atoms with E-state index >= 15 is 0 Å². The molecule has 3 aromatic rings. The van der Waals surface area contributed by atoms with Crippen molar-refractivity contribution in [3.8, 4) is 16.9 Å². The molecule has 1 amide bonds. The van der Waals surface area contributed by atoms with Gasteiger partial charge in [0.25, 0.3) is 0 Å². The average Bonchev–Trinajstić information content (AvgIpc) is 3.19. The maximum absolute atomic E-state index is 14.7. The lowest BCUT2D eigenvalue weighted by Crippen LogP contribution is -2.32. The summed E-state index contributed by atoms with van der Waals surface area (Å²) in [5.74, 6) is -0.989. The fourth-order valence-corrected chi connectivity index (χ4v) is 4.91. The Labute approximate surface area is 244 Å². The molecule has 0 bridgehead atoms. The first-order valence-electron chi connectivity index (χ1n) is 12.9. The van der Waals surface area contributed by atoms with Gasteiger partial charge in [-0.15, -0.1) is 0 Å². The van der Waals surface area contributed by atoms with Gasteiger partial charge in [0.1, 0.15) is 29.1 Å². The maximum Gasteiger partial charge on any atom is 0.433 e. The van der Waals surface area contributed by atoms with E-state index in [1.807, 2.05) is 0 Å². The van der Waals surface area contributed by atoms with Crippen LogP contribution in [0.4, 0.5) is 48.7 Å². The molecule has 0 aliphatic carbocycles. The van der Waals surface area contributed by atoms with E-state index in [0.717, 1.165) is 29.2 Å². The smallest absolute Gasteiger partial charge is 0.433 e. The van der Waals surface area contributed by atoms with E-state index in [-0.39, 0.29) is 33.9 Å². The van der Waals surface area contributed by atoms with Crippen molar-refractivity contribution < 1.29 is 58.2 Å². The van der Waals surface area contributed by atoms with Crippen LogP contribution in [0.15, 0.2) is 42.5 Å². The van der Waals surface area contributed by atoms with Gasteiger partial charge >= 0.3 is 24.6 Å². The second kappa shape index (κ2) is 11.5. The van der Waals surface area contributed by atoms with Gasteiger partial charge in [0, 0.05) is 11.6 Å². The van der Waals surface area contributed by atoms with E-state index in [9.17, 15) is 48.7 Å². The second-order valence-electron chi connectivity index (χ2n) is 10.4. The molecule has 1 fully saturated rings. The van der Waals surface area contributed by atoms with Crippen LogP contribution >= 0.6 is 0 Å². The number of methoxy groups -OCH3 is 1.